The molecule has 0 aliphatic carbocycles. The maximum atomic E-state index is 13.0. The molecule has 1 aliphatic rings. The van der Waals surface area contributed by atoms with Crippen molar-refractivity contribution in [2.45, 2.75) is 278 Å². The number of carbonyl (C=O) groups excluding carboxylic acids is 2. The van der Waals surface area contributed by atoms with Crippen LogP contribution < -0.4 is 5.32 Å². The van der Waals surface area contributed by atoms with E-state index in [4.69, 9.17) is 14.6 Å². The van der Waals surface area contributed by atoms with E-state index in [0.29, 0.717) is 25.6 Å². The van der Waals surface area contributed by atoms with E-state index in [-0.39, 0.29) is 18.3 Å². The summed E-state index contributed by atoms with van der Waals surface area (Å²) < 4.78 is 5.67. The minimum absolute atomic E-state index is 0.00342. The van der Waals surface area contributed by atoms with Crippen molar-refractivity contribution < 1.29 is 24.2 Å². The average Bonchev–Trinajstić information content (AvgIpc) is 3.22. The summed E-state index contributed by atoms with van der Waals surface area (Å²) in [6, 6.07) is 0.322. The summed E-state index contributed by atoms with van der Waals surface area (Å²) in [5, 5.41) is 10.4. The average molecular weight is 835 g/mol. The fourth-order valence-corrected chi connectivity index (χ4v) is 9.14. The number of likely N-dealkylation sites (tertiary alicyclic amines) is 1. The predicted octanol–water partition coefficient (Wildman–Crippen LogP) is 15.2. The number of rotatable bonds is 42. The van der Waals surface area contributed by atoms with Gasteiger partial charge in [0.1, 0.15) is 0 Å². The van der Waals surface area contributed by atoms with Crippen LogP contribution in [0.4, 0.5) is 0 Å². The molecule has 7 nitrogen and oxygen atoms in total. The minimum atomic E-state index is -0.250. The first-order valence-electron chi connectivity index (χ1n) is 26.2. The van der Waals surface area contributed by atoms with Crippen molar-refractivity contribution in [2.75, 3.05) is 26.2 Å². The lowest BCUT2D eigenvalue weighted by atomic mass is 9.90. The number of esters is 1. The summed E-state index contributed by atoms with van der Waals surface area (Å²) in [5.41, 5.74) is 0. The molecule has 1 aliphatic heterocycles. The van der Waals surface area contributed by atoms with Crippen LogP contribution in [0.25, 0.3) is 0 Å². The van der Waals surface area contributed by atoms with Crippen molar-refractivity contribution in [2.24, 2.45) is 11.8 Å². The molecule has 1 atom stereocenters. The molecule has 1 heterocycles. The molecular formula is C52H102N2O5. The highest BCUT2D eigenvalue weighted by molar-refractivity contribution is 5.78. The molecular weight excluding hydrogens is 733 g/mol. The van der Waals surface area contributed by atoms with Crippen LogP contribution in [0.5, 0.6) is 0 Å². The Morgan fingerprint density at radius 2 is 0.881 bits per heavy atom. The summed E-state index contributed by atoms with van der Waals surface area (Å²) in [4.78, 5) is 36.1. The fourth-order valence-electron chi connectivity index (χ4n) is 9.14. The molecule has 7 heteroatoms. The van der Waals surface area contributed by atoms with Gasteiger partial charge >= 0.3 is 5.97 Å². The van der Waals surface area contributed by atoms with Crippen molar-refractivity contribution in [3.63, 3.8) is 0 Å². The van der Waals surface area contributed by atoms with E-state index in [0.717, 1.165) is 57.0 Å². The van der Waals surface area contributed by atoms with Crippen molar-refractivity contribution in [1.82, 2.24) is 10.2 Å². The molecule has 2 N–H and O–H groups in total. The summed E-state index contributed by atoms with van der Waals surface area (Å²) in [6.45, 7) is 12.3. The number of carbonyl (C=O) groups is 3. The Hall–Kier alpha value is -1.63. The van der Waals surface area contributed by atoms with E-state index in [1.807, 2.05) is 0 Å². The first kappa shape index (κ1) is 57.4. The van der Waals surface area contributed by atoms with Gasteiger partial charge in [0.25, 0.3) is 6.47 Å². The third-order valence-electron chi connectivity index (χ3n) is 12.9. The van der Waals surface area contributed by atoms with Gasteiger partial charge in [-0.3, -0.25) is 19.3 Å². The van der Waals surface area contributed by atoms with Gasteiger partial charge in [-0.25, -0.2) is 0 Å². The summed E-state index contributed by atoms with van der Waals surface area (Å²) in [7, 11) is 0. The number of nitrogens with zero attached hydrogens (tertiary/aromatic N) is 1. The van der Waals surface area contributed by atoms with Crippen molar-refractivity contribution >= 4 is 18.3 Å². The molecule has 1 amide bonds. The topological polar surface area (TPSA) is 95.9 Å². The number of carboxylic acid groups (broad SMARTS) is 1. The molecule has 0 saturated carbocycles. The second-order valence-corrected chi connectivity index (χ2v) is 18.5. The maximum Gasteiger partial charge on any atom is 0.305 e. The standard InChI is InChI=1S/C51H100N2O3.CH2O2/c1-5-9-24-34-47(35-25-10-6-2)38-28-19-15-13-14-16-20-29-39-49(52-50(54)46-53-43-32-23-33-44-53)40-30-21-17-18-22-31-41-51(55)56-45-42-48(36-26-11-7-3)37-27-12-8-4;2-1-3/h47-49H,5-46H2,1-4H3,(H,52,54);1H,(H,2,3). The van der Waals surface area contributed by atoms with E-state index in [2.05, 4.69) is 37.9 Å². The Balaban J connectivity index is 0.0000108. The van der Waals surface area contributed by atoms with Gasteiger partial charge in [-0.2, -0.15) is 0 Å². The van der Waals surface area contributed by atoms with Crippen LogP contribution in [-0.2, 0) is 19.1 Å². The molecule has 0 aromatic rings. The Kier molecular flexibility index (Phi) is 44.6. The predicted molar refractivity (Wildman–Crippen MR) is 253 cm³/mol. The lowest BCUT2D eigenvalue weighted by molar-refractivity contribution is -0.144. The number of unbranched alkanes of at least 4 members (excludes halogenated alkanes) is 20. The van der Waals surface area contributed by atoms with Gasteiger partial charge in [0.05, 0.1) is 13.2 Å². The maximum absolute atomic E-state index is 13.0. The number of piperidine rings is 1. The van der Waals surface area contributed by atoms with Crippen LogP contribution in [0, 0.1) is 11.8 Å². The molecule has 1 rings (SSSR count). The van der Waals surface area contributed by atoms with Crippen LogP contribution in [0.3, 0.4) is 0 Å². The smallest absolute Gasteiger partial charge is 0.305 e. The molecule has 1 fully saturated rings. The summed E-state index contributed by atoms with van der Waals surface area (Å²) in [5.74, 6) is 1.95. The SMILES string of the molecule is CCCCCC(CCCCC)CCCCCCCCCCC(CCCCCCCCC(=O)OCCC(CCCCC)CCCCC)NC(=O)CN1CCCCC1.O=CO. The highest BCUT2D eigenvalue weighted by Gasteiger charge is 2.17. The van der Waals surface area contributed by atoms with E-state index < -0.39 is 0 Å². The third kappa shape index (κ3) is 40.2. The second-order valence-electron chi connectivity index (χ2n) is 18.5. The number of hydrogen-bond acceptors (Lipinski definition) is 5. The van der Waals surface area contributed by atoms with Gasteiger partial charge in [-0.15, -0.1) is 0 Å². The van der Waals surface area contributed by atoms with E-state index in [1.54, 1.807) is 0 Å². The fraction of sp³-hybridized carbons (Fsp3) is 0.942. The second kappa shape index (κ2) is 45.9. The molecule has 59 heavy (non-hydrogen) atoms. The molecule has 0 aromatic carbocycles. The van der Waals surface area contributed by atoms with Gasteiger partial charge in [-0.1, -0.05) is 227 Å². The lowest BCUT2D eigenvalue weighted by Gasteiger charge is -2.27. The lowest BCUT2D eigenvalue weighted by Crippen LogP contribution is -2.43. The van der Waals surface area contributed by atoms with Crippen LogP contribution in [-0.4, -0.2) is 60.6 Å². The quantitative estimate of drug-likeness (QED) is 0.0361. The van der Waals surface area contributed by atoms with Crippen LogP contribution in [0.1, 0.15) is 272 Å². The zero-order valence-electron chi connectivity index (χ0n) is 40.0. The molecule has 0 aromatic heterocycles. The first-order chi connectivity index (χ1) is 28.9. The molecule has 0 bridgehead atoms. The van der Waals surface area contributed by atoms with Crippen LogP contribution >= 0.6 is 0 Å². The minimum Gasteiger partial charge on any atom is -0.483 e. The molecule has 0 spiro atoms. The van der Waals surface area contributed by atoms with Gasteiger partial charge in [-0.05, 0) is 63.5 Å². The molecule has 1 unspecified atom stereocenters. The van der Waals surface area contributed by atoms with E-state index in [9.17, 15) is 9.59 Å². The van der Waals surface area contributed by atoms with E-state index >= 15 is 0 Å². The van der Waals surface area contributed by atoms with Gasteiger partial charge in [0.15, 0.2) is 0 Å². The first-order valence-corrected chi connectivity index (χ1v) is 26.2. The van der Waals surface area contributed by atoms with Crippen molar-refractivity contribution in [3.05, 3.63) is 0 Å². The third-order valence-corrected chi connectivity index (χ3v) is 12.9. The summed E-state index contributed by atoms with van der Waals surface area (Å²) >= 11 is 0. The van der Waals surface area contributed by atoms with Crippen LogP contribution in [0.15, 0.2) is 0 Å². The largest absolute Gasteiger partial charge is 0.483 e. The number of amides is 1. The Bertz CT molecular complexity index is 874. The normalized spacial score (nSPS) is 13.7. The highest BCUT2D eigenvalue weighted by Crippen LogP contribution is 2.25. The molecule has 1 saturated heterocycles. The Labute approximate surface area is 367 Å². The van der Waals surface area contributed by atoms with Crippen molar-refractivity contribution in [3.8, 4) is 0 Å². The van der Waals surface area contributed by atoms with Crippen LogP contribution in [0.2, 0.25) is 0 Å². The molecule has 0 radical (unpaired) electrons. The van der Waals surface area contributed by atoms with Crippen molar-refractivity contribution in [1.29, 1.82) is 0 Å². The zero-order chi connectivity index (χ0) is 43.3. The highest BCUT2D eigenvalue weighted by atomic mass is 16.5. The number of ether oxygens (including phenoxy) is 1. The molecule has 350 valence electrons. The Morgan fingerprint density at radius 1 is 0.525 bits per heavy atom. The summed E-state index contributed by atoms with van der Waals surface area (Å²) in [6.07, 6.45) is 48.6. The van der Waals surface area contributed by atoms with Gasteiger partial charge in [0.2, 0.25) is 5.91 Å². The number of hydrogen-bond donors (Lipinski definition) is 2. The number of nitrogens with one attached hydrogen (secondary N) is 1. The van der Waals surface area contributed by atoms with E-state index in [1.165, 1.54) is 205 Å². The van der Waals surface area contributed by atoms with Gasteiger partial charge < -0.3 is 15.2 Å². The monoisotopic (exact) mass is 835 g/mol. The Morgan fingerprint density at radius 3 is 1.31 bits per heavy atom. The zero-order valence-corrected chi connectivity index (χ0v) is 40.0. The van der Waals surface area contributed by atoms with Gasteiger partial charge in [0, 0.05) is 12.5 Å².